The molecule has 0 fully saturated rings. The van der Waals surface area contributed by atoms with E-state index >= 15 is 0 Å². The molecule has 59 valence electrons. The van der Waals surface area contributed by atoms with E-state index in [-0.39, 0.29) is 5.56 Å². The van der Waals surface area contributed by atoms with Crippen LogP contribution in [-0.4, -0.2) is 11.1 Å². The number of furan rings is 1. The molecule has 0 aliphatic heterocycles. The number of rotatable bonds is 1. The van der Waals surface area contributed by atoms with Gasteiger partial charge in [0.05, 0.1) is 11.8 Å². The Labute approximate surface area is 68.2 Å². The van der Waals surface area contributed by atoms with Crippen molar-refractivity contribution in [1.29, 1.82) is 0 Å². The standard InChI is InChI=1S/C9H5O3/c10-9(11)6-1-2-7-4-12-5-8(7)3-6/h1-3,5H,(H,10,11). The number of benzene rings is 1. The minimum atomic E-state index is -0.932. The molecule has 0 atom stereocenters. The van der Waals surface area contributed by atoms with Crippen LogP contribution < -0.4 is 0 Å². The zero-order chi connectivity index (χ0) is 8.55. The van der Waals surface area contributed by atoms with Gasteiger partial charge in [-0.1, -0.05) is 0 Å². The zero-order valence-electron chi connectivity index (χ0n) is 6.07. The fourth-order valence-electron chi connectivity index (χ4n) is 1.04. The van der Waals surface area contributed by atoms with Crippen LogP contribution in [0.2, 0.25) is 0 Å². The molecule has 0 saturated heterocycles. The van der Waals surface area contributed by atoms with Crippen molar-refractivity contribution in [3.63, 3.8) is 0 Å². The van der Waals surface area contributed by atoms with Gasteiger partial charge in [0.25, 0.3) is 0 Å². The lowest BCUT2D eigenvalue weighted by molar-refractivity contribution is 0.0697. The largest absolute Gasteiger partial charge is 0.478 e. The quantitative estimate of drug-likeness (QED) is 0.695. The highest BCUT2D eigenvalue weighted by Gasteiger charge is 2.03. The predicted octanol–water partition coefficient (Wildman–Crippen LogP) is 1.93. The molecule has 0 unspecified atom stereocenters. The second kappa shape index (κ2) is 2.37. The van der Waals surface area contributed by atoms with Gasteiger partial charge in [0.2, 0.25) is 0 Å². The molecular formula is C9H5O3. The van der Waals surface area contributed by atoms with Crippen LogP contribution in [0.5, 0.6) is 0 Å². The van der Waals surface area contributed by atoms with E-state index in [4.69, 9.17) is 9.52 Å². The van der Waals surface area contributed by atoms with Crippen LogP contribution in [0.15, 0.2) is 28.9 Å². The molecule has 2 aromatic rings. The normalized spacial score (nSPS) is 10.3. The number of aromatic carboxylic acids is 1. The molecule has 0 bridgehead atoms. The molecule has 1 aromatic carbocycles. The Balaban J connectivity index is 2.68. The van der Waals surface area contributed by atoms with Crippen LogP contribution >= 0.6 is 0 Å². The number of hydrogen-bond acceptors (Lipinski definition) is 2. The van der Waals surface area contributed by atoms with Crippen molar-refractivity contribution < 1.29 is 14.3 Å². The third kappa shape index (κ3) is 0.955. The van der Waals surface area contributed by atoms with E-state index in [1.807, 2.05) is 0 Å². The van der Waals surface area contributed by atoms with Gasteiger partial charge in [0, 0.05) is 10.8 Å². The summed E-state index contributed by atoms with van der Waals surface area (Å²) in [7, 11) is 0. The molecule has 12 heavy (non-hydrogen) atoms. The monoisotopic (exact) mass is 161 g/mol. The second-order valence-corrected chi connectivity index (χ2v) is 2.44. The summed E-state index contributed by atoms with van der Waals surface area (Å²) in [5.74, 6) is -0.932. The van der Waals surface area contributed by atoms with Crippen LogP contribution in [0, 0.1) is 6.26 Å². The van der Waals surface area contributed by atoms with Crippen molar-refractivity contribution in [2.24, 2.45) is 0 Å². The van der Waals surface area contributed by atoms with Gasteiger partial charge in [-0.25, -0.2) is 4.79 Å². The van der Waals surface area contributed by atoms with Crippen molar-refractivity contribution in [2.75, 3.05) is 0 Å². The SMILES string of the molecule is O=C(O)c1ccc2[c]occ2c1. The van der Waals surface area contributed by atoms with Crippen molar-refractivity contribution in [3.05, 3.63) is 36.3 Å². The lowest BCUT2D eigenvalue weighted by atomic mass is 10.1. The summed E-state index contributed by atoms with van der Waals surface area (Å²) in [6, 6.07) is 4.75. The van der Waals surface area contributed by atoms with Crippen LogP contribution in [0.25, 0.3) is 10.8 Å². The maximum Gasteiger partial charge on any atom is 0.335 e. The molecule has 0 amide bonds. The van der Waals surface area contributed by atoms with Gasteiger partial charge in [0.15, 0.2) is 6.26 Å². The van der Waals surface area contributed by atoms with Gasteiger partial charge < -0.3 is 9.52 Å². The Hall–Kier alpha value is -1.77. The van der Waals surface area contributed by atoms with E-state index < -0.39 is 5.97 Å². The summed E-state index contributed by atoms with van der Waals surface area (Å²) in [6.07, 6.45) is 4.09. The van der Waals surface area contributed by atoms with E-state index in [2.05, 4.69) is 6.26 Å². The molecule has 1 N–H and O–H groups in total. The molecule has 2 rings (SSSR count). The molecule has 0 aliphatic rings. The van der Waals surface area contributed by atoms with Gasteiger partial charge in [0.1, 0.15) is 0 Å². The number of fused-ring (bicyclic) bond motifs is 1. The molecule has 1 heterocycles. The third-order valence-electron chi connectivity index (χ3n) is 1.65. The third-order valence-corrected chi connectivity index (χ3v) is 1.65. The number of carboxylic acids is 1. The highest BCUT2D eigenvalue weighted by Crippen LogP contribution is 2.16. The van der Waals surface area contributed by atoms with Crippen LogP contribution in [0.3, 0.4) is 0 Å². The first-order chi connectivity index (χ1) is 5.77. The van der Waals surface area contributed by atoms with Gasteiger partial charge in [-0.3, -0.25) is 0 Å². The summed E-state index contributed by atoms with van der Waals surface area (Å²) >= 11 is 0. The smallest absolute Gasteiger partial charge is 0.335 e. The van der Waals surface area contributed by atoms with Crippen LogP contribution in [0.1, 0.15) is 10.4 Å². The van der Waals surface area contributed by atoms with Crippen molar-refractivity contribution in [1.82, 2.24) is 0 Å². The lowest BCUT2D eigenvalue weighted by Gasteiger charge is -1.91. The fourth-order valence-corrected chi connectivity index (χ4v) is 1.04. The molecule has 0 spiro atoms. The first-order valence-corrected chi connectivity index (χ1v) is 3.39. The van der Waals surface area contributed by atoms with E-state index in [0.29, 0.717) is 0 Å². The van der Waals surface area contributed by atoms with Crippen LogP contribution in [0.4, 0.5) is 0 Å². The first kappa shape index (κ1) is 6.91. The minimum Gasteiger partial charge on any atom is -0.478 e. The highest BCUT2D eigenvalue weighted by atomic mass is 16.4. The van der Waals surface area contributed by atoms with E-state index in [9.17, 15) is 4.79 Å². The maximum atomic E-state index is 10.5. The number of carbonyl (C=O) groups is 1. The van der Waals surface area contributed by atoms with Gasteiger partial charge in [-0.15, -0.1) is 0 Å². The minimum absolute atomic E-state index is 0.261. The second-order valence-electron chi connectivity index (χ2n) is 2.44. The average Bonchev–Trinajstić information content (AvgIpc) is 2.49. The summed E-state index contributed by atoms with van der Waals surface area (Å²) in [5.41, 5.74) is 0.261. The molecule has 1 aromatic heterocycles. The average molecular weight is 161 g/mol. The number of carboxylic acid groups (broad SMARTS) is 1. The van der Waals surface area contributed by atoms with E-state index in [1.54, 1.807) is 12.1 Å². The topological polar surface area (TPSA) is 50.4 Å². The van der Waals surface area contributed by atoms with Crippen molar-refractivity contribution in [3.8, 4) is 0 Å². The Kier molecular flexibility index (Phi) is 1.37. The predicted molar refractivity (Wildman–Crippen MR) is 42.0 cm³/mol. The zero-order valence-corrected chi connectivity index (χ0v) is 6.07. The molecule has 3 heteroatoms. The molecular weight excluding hydrogens is 156 g/mol. The Morgan fingerprint density at radius 2 is 2.33 bits per heavy atom. The Morgan fingerprint density at radius 3 is 3.08 bits per heavy atom. The first-order valence-electron chi connectivity index (χ1n) is 3.39. The van der Waals surface area contributed by atoms with Gasteiger partial charge in [-0.2, -0.15) is 0 Å². The highest BCUT2D eigenvalue weighted by molar-refractivity contribution is 5.93. The molecule has 1 radical (unpaired) electrons. The van der Waals surface area contributed by atoms with Gasteiger partial charge >= 0.3 is 5.97 Å². The van der Waals surface area contributed by atoms with Gasteiger partial charge in [-0.05, 0) is 18.2 Å². The number of hydrogen-bond donors (Lipinski definition) is 1. The molecule has 0 saturated carbocycles. The molecule has 0 aliphatic carbocycles. The van der Waals surface area contributed by atoms with Crippen molar-refractivity contribution in [2.45, 2.75) is 0 Å². The van der Waals surface area contributed by atoms with E-state index in [1.165, 1.54) is 12.3 Å². The Bertz CT molecular complexity index is 428. The Morgan fingerprint density at radius 1 is 1.50 bits per heavy atom. The van der Waals surface area contributed by atoms with E-state index in [0.717, 1.165) is 10.8 Å². The van der Waals surface area contributed by atoms with Crippen LogP contribution in [-0.2, 0) is 0 Å². The fraction of sp³-hybridized carbons (Fsp3) is 0. The maximum absolute atomic E-state index is 10.5. The summed E-state index contributed by atoms with van der Waals surface area (Å²) in [5, 5.41) is 10.2. The molecule has 3 nitrogen and oxygen atoms in total. The lowest BCUT2D eigenvalue weighted by Crippen LogP contribution is -1.94. The summed E-state index contributed by atoms with van der Waals surface area (Å²) < 4.78 is 4.78. The summed E-state index contributed by atoms with van der Waals surface area (Å²) in [6.45, 7) is 0. The summed E-state index contributed by atoms with van der Waals surface area (Å²) in [4.78, 5) is 10.5. The van der Waals surface area contributed by atoms with Crippen molar-refractivity contribution >= 4 is 16.7 Å².